The van der Waals surface area contributed by atoms with Gasteiger partial charge in [-0.2, -0.15) is 4.31 Å². The van der Waals surface area contributed by atoms with Gasteiger partial charge in [0.05, 0.1) is 4.90 Å². The summed E-state index contributed by atoms with van der Waals surface area (Å²) in [7, 11) is -3.42. The lowest BCUT2D eigenvalue weighted by molar-refractivity contribution is -0.129. The predicted molar refractivity (Wildman–Crippen MR) is 122 cm³/mol. The van der Waals surface area contributed by atoms with E-state index in [9.17, 15) is 13.2 Å². The molecule has 2 N–H and O–H groups in total. The molecule has 0 aliphatic carbocycles. The fourth-order valence-electron chi connectivity index (χ4n) is 4.14. The normalized spacial score (nSPS) is 21.3. The smallest absolute Gasteiger partial charge is 0.243 e. The van der Waals surface area contributed by atoms with Crippen LogP contribution in [-0.4, -0.2) is 74.8 Å². The Morgan fingerprint density at radius 1 is 1.10 bits per heavy atom. The van der Waals surface area contributed by atoms with Gasteiger partial charge >= 0.3 is 0 Å². The molecule has 3 rings (SSSR count). The molecule has 0 bridgehead atoms. The first-order chi connectivity index (χ1) is 14.9. The molecule has 1 aromatic carbocycles. The first-order valence-electron chi connectivity index (χ1n) is 11.3. The number of hydrogen-bond donors (Lipinski definition) is 2. The molecular weight excluding hydrogens is 414 g/mol. The van der Waals surface area contributed by atoms with Crippen LogP contribution in [0.2, 0.25) is 0 Å². The van der Waals surface area contributed by atoms with Crippen molar-refractivity contribution in [3.63, 3.8) is 0 Å². The van der Waals surface area contributed by atoms with Crippen LogP contribution in [0.15, 0.2) is 40.2 Å². The van der Waals surface area contributed by atoms with Crippen LogP contribution in [0.5, 0.6) is 0 Å². The van der Waals surface area contributed by atoms with Crippen molar-refractivity contribution >= 4 is 21.9 Å². The number of hydrogen-bond acceptors (Lipinski definition) is 4. The van der Waals surface area contributed by atoms with Gasteiger partial charge in [0.15, 0.2) is 5.96 Å². The third-order valence-electron chi connectivity index (χ3n) is 5.99. The second-order valence-electron chi connectivity index (χ2n) is 8.20. The zero-order chi connectivity index (χ0) is 22.3. The van der Waals surface area contributed by atoms with Gasteiger partial charge in [-0.3, -0.25) is 9.79 Å². The van der Waals surface area contributed by atoms with Gasteiger partial charge in [0.25, 0.3) is 0 Å². The quantitative estimate of drug-likeness (QED) is 0.488. The van der Waals surface area contributed by atoms with E-state index < -0.39 is 10.0 Å². The molecule has 172 valence electrons. The van der Waals surface area contributed by atoms with E-state index in [0.29, 0.717) is 43.4 Å². The Hall–Kier alpha value is -2.13. The second-order valence-corrected chi connectivity index (χ2v) is 10.1. The van der Waals surface area contributed by atoms with E-state index in [1.807, 2.05) is 24.8 Å². The number of nitrogens with one attached hydrogen (secondary N) is 2. The molecule has 31 heavy (non-hydrogen) atoms. The number of likely N-dealkylation sites (tertiary alicyclic amines) is 1. The van der Waals surface area contributed by atoms with Gasteiger partial charge < -0.3 is 15.5 Å². The molecule has 1 atom stereocenters. The van der Waals surface area contributed by atoms with Crippen LogP contribution in [0, 0.1) is 5.92 Å². The maximum Gasteiger partial charge on any atom is 0.243 e. The summed E-state index contributed by atoms with van der Waals surface area (Å²) in [5.74, 6) is 1.33. The van der Waals surface area contributed by atoms with E-state index in [2.05, 4.69) is 10.6 Å². The van der Waals surface area contributed by atoms with Crippen LogP contribution in [0.25, 0.3) is 0 Å². The minimum Gasteiger partial charge on any atom is -0.357 e. The van der Waals surface area contributed by atoms with Crippen molar-refractivity contribution in [2.75, 3.05) is 39.3 Å². The van der Waals surface area contributed by atoms with Crippen LogP contribution in [-0.2, 0) is 14.8 Å². The maximum atomic E-state index is 12.8. The average molecular weight is 450 g/mol. The fraction of sp³-hybridized carbons (Fsp3) is 0.636. The molecule has 0 radical (unpaired) electrons. The molecule has 1 amide bonds. The molecule has 1 unspecified atom stereocenters. The summed E-state index contributed by atoms with van der Waals surface area (Å²) in [6.45, 7) is 7.92. The van der Waals surface area contributed by atoms with Gasteiger partial charge in [0.2, 0.25) is 15.9 Å². The number of rotatable bonds is 7. The first kappa shape index (κ1) is 23.5. The highest BCUT2D eigenvalue weighted by molar-refractivity contribution is 7.89. The van der Waals surface area contributed by atoms with E-state index in [4.69, 9.17) is 4.99 Å². The Bertz CT molecular complexity index is 851. The third-order valence-corrected chi connectivity index (χ3v) is 7.90. The van der Waals surface area contributed by atoms with Crippen molar-refractivity contribution in [1.82, 2.24) is 19.8 Å². The van der Waals surface area contributed by atoms with Gasteiger partial charge in [-0.1, -0.05) is 25.1 Å². The number of carbonyl (C=O) groups is 1. The van der Waals surface area contributed by atoms with Crippen molar-refractivity contribution in [1.29, 1.82) is 0 Å². The molecule has 8 nitrogen and oxygen atoms in total. The molecule has 2 fully saturated rings. The number of guanidine groups is 1. The molecule has 1 aromatic rings. The van der Waals surface area contributed by atoms with Gasteiger partial charge in [-0.15, -0.1) is 0 Å². The van der Waals surface area contributed by atoms with E-state index in [1.54, 1.807) is 28.6 Å². The molecule has 2 aliphatic rings. The third kappa shape index (κ3) is 6.20. The summed E-state index contributed by atoms with van der Waals surface area (Å²) < 4.78 is 27.2. The van der Waals surface area contributed by atoms with Crippen LogP contribution in [0.1, 0.15) is 39.5 Å². The SMILES string of the molecule is CCNC(=NCC1CCN(S(=O)(=O)c2ccccc2)CC1)NC1CCN(C(=O)CC)C1. The summed E-state index contributed by atoms with van der Waals surface area (Å²) in [5.41, 5.74) is 0. The molecule has 2 saturated heterocycles. The van der Waals surface area contributed by atoms with Crippen molar-refractivity contribution in [2.45, 2.75) is 50.5 Å². The topological polar surface area (TPSA) is 94.1 Å². The van der Waals surface area contributed by atoms with Gasteiger partial charge in [-0.05, 0) is 44.2 Å². The summed E-state index contributed by atoms with van der Waals surface area (Å²) in [5, 5.41) is 6.75. The van der Waals surface area contributed by atoms with Crippen LogP contribution >= 0.6 is 0 Å². The lowest BCUT2D eigenvalue weighted by Crippen LogP contribution is -2.45. The van der Waals surface area contributed by atoms with Crippen LogP contribution in [0.3, 0.4) is 0 Å². The zero-order valence-corrected chi connectivity index (χ0v) is 19.4. The average Bonchev–Trinajstić information content (AvgIpc) is 3.26. The van der Waals surface area contributed by atoms with Crippen molar-refractivity contribution in [3.05, 3.63) is 30.3 Å². The van der Waals surface area contributed by atoms with E-state index in [1.165, 1.54) is 0 Å². The van der Waals surface area contributed by atoms with Gasteiger partial charge in [-0.25, -0.2) is 8.42 Å². The number of piperidine rings is 1. The number of amides is 1. The Labute approximate surface area is 186 Å². The summed E-state index contributed by atoms with van der Waals surface area (Å²) in [6.07, 6.45) is 3.07. The lowest BCUT2D eigenvalue weighted by atomic mass is 9.98. The molecule has 0 spiro atoms. The standard InChI is InChI=1S/C22H35N5O3S/c1-3-21(28)26-13-12-19(17-26)25-22(23-4-2)24-16-18-10-14-27(15-11-18)31(29,30)20-8-6-5-7-9-20/h5-9,18-19H,3-4,10-17H2,1-2H3,(H2,23,24,25). The minimum absolute atomic E-state index is 0.198. The van der Waals surface area contributed by atoms with Crippen molar-refractivity contribution in [3.8, 4) is 0 Å². The highest BCUT2D eigenvalue weighted by Crippen LogP contribution is 2.24. The zero-order valence-electron chi connectivity index (χ0n) is 18.6. The summed E-state index contributed by atoms with van der Waals surface area (Å²) in [4.78, 5) is 18.9. The second kappa shape index (κ2) is 10.9. The Morgan fingerprint density at radius 2 is 1.81 bits per heavy atom. The largest absolute Gasteiger partial charge is 0.357 e. The lowest BCUT2D eigenvalue weighted by Gasteiger charge is -2.30. The van der Waals surface area contributed by atoms with Crippen LogP contribution in [0.4, 0.5) is 0 Å². The molecule has 0 aromatic heterocycles. The Balaban J connectivity index is 1.51. The Morgan fingerprint density at radius 3 is 2.45 bits per heavy atom. The number of carbonyl (C=O) groups excluding carboxylic acids is 1. The molecule has 2 aliphatic heterocycles. The first-order valence-corrected chi connectivity index (χ1v) is 12.8. The molecular formula is C22H35N5O3S. The number of nitrogens with zero attached hydrogens (tertiary/aromatic N) is 3. The molecule has 0 saturated carbocycles. The van der Waals surface area contributed by atoms with Crippen molar-refractivity contribution < 1.29 is 13.2 Å². The minimum atomic E-state index is -3.42. The molecule has 2 heterocycles. The maximum absolute atomic E-state index is 12.8. The number of aliphatic imine (C=N–C) groups is 1. The van der Waals surface area contributed by atoms with E-state index >= 15 is 0 Å². The summed E-state index contributed by atoms with van der Waals surface area (Å²) in [6, 6.07) is 8.85. The molecule has 9 heteroatoms. The fourth-order valence-corrected chi connectivity index (χ4v) is 5.63. The predicted octanol–water partition coefficient (Wildman–Crippen LogP) is 1.65. The highest BCUT2D eigenvalue weighted by Gasteiger charge is 2.29. The Kier molecular flexibility index (Phi) is 8.31. The van der Waals surface area contributed by atoms with Gasteiger partial charge in [0.1, 0.15) is 0 Å². The highest BCUT2D eigenvalue weighted by atomic mass is 32.2. The van der Waals surface area contributed by atoms with E-state index in [0.717, 1.165) is 38.3 Å². The van der Waals surface area contributed by atoms with E-state index in [-0.39, 0.29) is 11.9 Å². The summed E-state index contributed by atoms with van der Waals surface area (Å²) >= 11 is 0. The van der Waals surface area contributed by atoms with Gasteiger partial charge in [0, 0.05) is 51.7 Å². The number of benzene rings is 1. The monoisotopic (exact) mass is 449 g/mol. The van der Waals surface area contributed by atoms with Crippen LogP contribution < -0.4 is 10.6 Å². The van der Waals surface area contributed by atoms with Crippen molar-refractivity contribution in [2.24, 2.45) is 10.9 Å². The number of sulfonamides is 1.